The third-order valence-electron chi connectivity index (χ3n) is 2.34. The quantitative estimate of drug-likeness (QED) is 0.793. The number of benzene rings is 1. The lowest BCUT2D eigenvalue weighted by atomic mass is 10.0. The van der Waals surface area contributed by atoms with Crippen molar-refractivity contribution in [3.63, 3.8) is 0 Å². The monoisotopic (exact) mass is 228 g/mol. The van der Waals surface area contributed by atoms with Crippen LogP contribution in [-0.4, -0.2) is 12.1 Å². The maximum atomic E-state index is 12.8. The van der Waals surface area contributed by atoms with Crippen molar-refractivity contribution in [2.45, 2.75) is 0 Å². The van der Waals surface area contributed by atoms with E-state index in [1.807, 2.05) is 6.07 Å². The SMILES string of the molecule is COc1ccc(-c2ccc(F)cc2)c(C#N)n1. The van der Waals surface area contributed by atoms with Crippen molar-refractivity contribution < 1.29 is 9.13 Å². The van der Waals surface area contributed by atoms with Crippen molar-refractivity contribution in [1.82, 2.24) is 4.98 Å². The molecule has 1 heterocycles. The summed E-state index contributed by atoms with van der Waals surface area (Å²) < 4.78 is 17.7. The van der Waals surface area contributed by atoms with Gasteiger partial charge in [0.2, 0.25) is 5.88 Å². The zero-order valence-corrected chi connectivity index (χ0v) is 9.14. The van der Waals surface area contributed by atoms with Gasteiger partial charge in [-0.2, -0.15) is 5.26 Å². The van der Waals surface area contributed by atoms with Gasteiger partial charge in [0.15, 0.2) is 5.69 Å². The second-order valence-electron chi connectivity index (χ2n) is 3.37. The Morgan fingerprint density at radius 2 is 1.88 bits per heavy atom. The summed E-state index contributed by atoms with van der Waals surface area (Å²) in [5.74, 6) is 0.0705. The van der Waals surface area contributed by atoms with Crippen LogP contribution in [-0.2, 0) is 0 Å². The molecular formula is C13H9FN2O. The van der Waals surface area contributed by atoms with Crippen LogP contribution in [0.4, 0.5) is 4.39 Å². The largest absolute Gasteiger partial charge is 0.481 e. The van der Waals surface area contributed by atoms with Crippen LogP contribution in [0.1, 0.15) is 5.69 Å². The summed E-state index contributed by atoms with van der Waals surface area (Å²) in [6.45, 7) is 0. The first-order valence-electron chi connectivity index (χ1n) is 4.95. The van der Waals surface area contributed by atoms with Gasteiger partial charge in [-0.15, -0.1) is 0 Å². The molecule has 3 nitrogen and oxygen atoms in total. The van der Waals surface area contributed by atoms with Crippen molar-refractivity contribution in [3.8, 4) is 23.1 Å². The Bertz CT molecular complexity index is 573. The molecule has 0 radical (unpaired) electrons. The molecule has 2 rings (SSSR count). The predicted molar refractivity (Wildman–Crippen MR) is 60.9 cm³/mol. The van der Waals surface area contributed by atoms with Crippen LogP contribution in [0.5, 0.6) is 5.88 Å². The number of halogens is 1. The number of nitriles is 1. The van der Waals surface area contributed by atoms with Gasteiger partial charge in [0.1, 0.15) is 11.9 Å². The second-order valence-corrected chi connectivity index (χ2v) is 3.37. The Kier molecular flexibility index (Phi) is 3.01. The summed E-state index contributed by atoms with van der Waals surface area (Å²) >= 11 is 0. The van der Waals surface area contributed by atoms with E-state index in [0.29, 0.717) is 11.4 Å². The lowest BCUT2D eigenvalue weighted by molar-refractivity contribution is 0.397. The van der Waals surface area contributed by atoms with E-state index in [0.717, 1.165) is 5.56 Å². The number of nitrogens with zero attached hydrogens (tertiary/aromatic N) is 2. The molecule has 0 N–H and O–H groups in total. The molecule has 4 heteroatoms. The number of ether oxygens (including phenoxy) is 1. The number of aromatic nitrogens is 1. The summed E-state index contributed by atoms with van der Waals surface area (Å²) in [6.07, 6.45) is 0. The third kappa shape index (κ3) is 2.23. The molecule has 1 aromatic heterocycles. The number of hydrogen-bond acceptors (Lipinski definition) is 3. The van der Waals surface area contributed by atoms with E-state index < -0.39 is 0 Å². The molecule has 0 aliphatic heterocycles. The molecule has 0 spiro atoms. The van der Waals surface area contributed by atoms with Crippen LogP contribution >= 0.6 is 0 Å². The molecule has 0 unspecified atom stereocenters. The maximum Gasteiger partial charge on any atom is 0.214 e. The highest BCUT2D eigenvalue weighted by molar-refractivity contribution is 5.68. The van der Waals surface area contributed by atoms with E-state index in [2.05, 4.69) is 4.98 Å². The van der Waals surface area contributed by atoms with Crippen LogP contribution in [0.25, 0.3) is 11.1 Å². The molecule has 0 atom stereocenters. The van der Waals surface area contributed by atoms with Gasteiger partial charge in [0.05, 0.1) is 7.11 Å². The molecule has 2 aromatic rings. The first-order chi connectivity index (χ1) is 8.24. The van der Waals surface area contributed by atoms with Gasteiger partial charge in [0, 0.05) is 11.6 Å². The fourth-order valence-electron chi connectivity index (χ4n) is 1.50. The summed E-state index contributed by atoms with van der Waals surface area (Å²) in [4.78, 5) is 4.03. The zero-order chi connectivity index (χ0) is 12.3. The van der Waals surface area contributed by atoms with Crippen molar-refractivity contribution >= 4 is 0 Å². The average molecular weight is 228 g/mol. The van der Waals surface area contributed by atoms with Gasteiger partial charge < -0.3 is 4.74 Å². The van der Waals surface area contributed by atoms with Crippen molar-refractivity contribution in [1.29, 1.82) is 5.26 Å². The van der Waals surface area contributed by atoms with Gasteiger partial charge in [-0.1, -0.05) is 12.1 Å². The van der Waals surface area contributed by atoms with E-state index in [9.17, 15) is 4.39 Å². The van der Waals surface area contributed by atoms with Gasteiger partial charge in [-0.05, 0) is 23.8 Å². The lowest BCUT2D eigenvalue weighted by Crippen LogP contribution is -1.93. The Morgan fingerprint density at radius 1 is 1.18 bits per heavy atom. The van der Waals surface area contributed by atoms with Crippen molar-refractivity contribution in [2.75, 3.05) is 7.11 Å². The lowest BCUT2D eigenvalue weighted by Gasteiger charge is -2.05. The van der Waals surface area contributed by atoms with Crippen LogP contribution in [0.15, 0.2) is 36.4 Å². The van der Waals surface area contributed by atoms with Crippen LogP contribution < -0.4 is 4.74 Å². The van der Waals surface area contributed by atoms with E-state index in [1.54, 1.807) is 24.3 Å². The molecular weight excluding hydrogens is 219 g/mol. The fraction of sp³-hybridized carbons (Fsp3) is 0.0769. The molecule has 0 aliphatic carbocycles. The second kappa shape index (κ2) is 4.62. The Balaban J connectivity index is 2.52. The van der Waals surface area contributed by atoms with Crippen molar-refractivity contribution in [3.05, 3.63) is 47.9 Å². The van der Waals surface area contributed by atoms with Crippen molar-refractivity contribution in [2.24, 2.45) is 0 Å². The molecule has 0 saturated heterocycles. The molecule has 0 fully saturated rings. The van der Waals surface area contributed by atoms with E-state index in [1.165, 1.54) is 19.2 Å². The highest BCUT2D eigenvalue weighted by Gasteiger charge is 2.07. The number of hydrogen-bond donors (Lipinski definition) is 0. The smallest absolute Gasteiger partial charge is 0.214 e. The van der Waals surface area contributed by atoms with E-state index in [4.69, 9.17) is 10.00 Å². The number of methoxy groups -OCH3 is 1. The number of pyridine rings is 1. The maximum absolute atomic E-state index is 12.8. The standard InChI is InChI=1S/C13H9FN2O/c1-17-13-7-6-11(12(8-15)16-13)9-2-4-10(14)5-3-9/h2-7H,1H3. The van der Waals surface area contributed by atoms with E-state index >= 15 is 0 Å². The molecule has 0 amide bonds. The highest BCUT2D eigenvalue weighted by atomic mass is 19.1. The minimum atomic E-state index is -0.311. The zero-order valence-electron chi connectivity index (χ0n) is 9.14. The Labute approximate surface area is 98.1 Å². The summed E-state index contributed by atoms with van der Waals surface area (Å²) in [7, 11) is 1.49. The molecule has 0 saturated carbocycles. The van der Waals surface area contributed by atoms with Crippen LogP contribution in [0.3, 0.4) is 0 Å². The number of rotatable bonds is 2. The van der Waals surface area contributed by atoms with Gasteiger partial charge >= 0.3 is 0 Å². The Morgan fingerprint density at radius 3 is 2.47 bits per heavy atom. The minimum Gasteiger partial charge on any atom is -0.481 e. The average Bonchev–Trinajstić information content (AvgIpc) is 2.39. The molecule has 17 heavy (non-hydrogen) atoms. The van der Waals surface area contributed by atoms with Crippen LogP contribution in [0, 0.1) is 17.1 Å². The van der Waals surface area contributed by atoms with E-state index in [-0.39, 0.29) is 11.5 Å². The van der Waals surface area contributed by atoms with Gasteiger partial charge in [-0.3, -0.25) is 0 Å². The highest BCUT2D eigenvalue weighted by Crippen LogP contribution is 2.24. The molecule has 0 bridgehead atoms. The first kappa shape index (κ1) is 11.1. The predicted octanol–water partition coefficient (Wildman–Crippen LogP) is 2.77. The topological polar surface area (TPSA) is 45.9 Å². The molecule has 1 aromatic carbocycles. The molecule has 84 valence electrons. The normalized spacial score (nSPS) is 9.71. The van der Waals surface area contributed by atoms with Crippen LogP contribution in [0.2, 0.25) is 0 Å². The third-order valence-corrected chi connectivity index (χ3v) is 2.34. The molecule has 0 aliphatic rings. The first-order valence-corrected chi connectivity index (χ1v) is 4.95. The Hall–Kier alpha value is -2.41. The van der Waals surface area contributed by atoms with Gasteiger partial charge in [-0.25, -0.2) is 9.37 Å². The minimum absolute atomic E-state index is 0.260. The van der Waals surface area contributed by atoms with Gasteiger partial charge in [0.25, 0.3) is 0 Å². The summed E-state index contributed by atoms with van der Waals surface area (Å²) in [6, 6.07) is 11.3. The summed E-state index contributed by atoms with van der Waals surface area (Å²) in [5.41, 5.74) is 1.67. The summed E-state index contributed by atoms with van der Waals surface area (Å²) in [5, 5.41) is 9.01. The fourth-order valence-corrected chi connectivity index (χ4v) is 1.50.